The summed E-state index contributed by atoms with van der Waals surface area (Å²) < 4.78 is 0. The molecule has 1 aliphatic carbocycles. The van der Waals surface area contributed by atoms with Gasteiger partial charge in [0, 0.05) is 31.1 Å². The third-order valence-corrected chi connectivity index (χ3v) is 4.00. The fourth-order valence-corrected chi connectivity index (χ4v) is 2.70. The summed E-state index contributed by atoms with van der Waals surface area (Å²) in [6, 6.07) is 8.77. The largest absolute Gasteiger partial charge is 0.372 e. The molecule has 1 aromatic carbocycles. The van der Waals surface area contributed by atoms with Gasteiger partial charge in [0.15, 0.2) is 0 Å². The Morgan fingerprint density at radius 1 is 1.17 bits per heavy atom. The first-order valence-corrected chi connectivity index (χ1v) is 7.08. The number of carbonyl (C=O) groups is 1. The van der Waals surface area contributed by atoms with E-state index in [-0.39, 0.29) is 0 Å². The van der Waals surface area contributed by atoms with E-state index in [1.807, 2.05) is 6.92 Å². The van der Waals surface area contributed by atoms with Crippen LogP contribution in [0.5, 0.6) is 0 Å². The van der Waals surface area contributed by atoms with Gasteiger partial charge in [-0.1, -0.05) is 19.1 Å². The minimum Gasteiger partial charge on any atom is -0.372 e. The normalized spacial score (nSPS) is 21.7. The van der Waals surface area contributed by atoms with Crippen LogP contribution in [-0.2, 0) is 4.79 Å². The molecule has 1 fully saturated rings. The highest BCUT2D eigenvalue weighted by Gasteiger charge is 2.42. The van der Waals surface area contributed by atoms with Gasteiger partial charge < -0.3 is 4.90 Å². The Labute approximate surface area is 110 Å². The average molecular weight is 245 g/mol. The van der Waals surface area contributed by atoms with Crippen LogP contribution in [0.2, 0.25) is 0 Å². The lowest BCUT2D eigenvalue weighted by molar-refractivity contribution is -0.120. The van der Waals surface area contributed by atoms with Crippen LogP contribution in [0.25, 0.3) is 0 Å². The second-order valence-electron chi connectivity index (χ2n) is 5.03. The lowest BCUT2D eigenvalue weighted by Crippen LogP contribution is -2.21. The van der Waals surface area contributed by atoms with E-state index in [1.54, 1.807) is 0 Å². The molecule has 2 nitrogen and oxygen atoms in total. The standard InChI is InChI=1S/C16H23NO/c1-4-16(18)15-11-14(15)12-7-9-13(10-8-12)17(5-2)6-3/h7-10,14-15H,4-6,11H2,1-3H3. The number of nitrogens with zero attached hydrogens (tertiary/aromatic N) is 1. The first-order chi connectivity index (χ1) is 8.71. The van der Waals surface area contributed by atoms with Crippen LogP contribution in [0, 0.1) is 5.92 Å². The molecule has 2 heteroatoms. The van der Waals surface area contributed by atoms with Gasteiger partial charge in [0.1, 0.15) is 5.78 Å². The van der Waals surface area contributed by atoms with E-state index in [2.05, 4.69) is 43.0 Å². The first-order valence-electron chi connectivity index (χ1n) is 7.08. The Bertz CT molecular complexity index is 406. The van der Waals surface area contributed by atoms with Crippen LogP contribution in [0.1, 0.15) is 45.1 Å². The van der Waals surface area contributed by atoms with Crippen molar-refractivity contribution in [2.24, 2.45) is 5.92 Å². The summed E-state index contributed by atoms with van der Waals surface area (Å²) in [5, 5.41) is 0. The van der Waals surface area contributed by atoms with Gasteiger partial charge in [0.05, 0.1) is 0 Å². The van der Waals surface area contributed by atoms with Gasteiger partial charge in [0.25, 0.3) is 0 Å². The molecule has 1 aliphatic rings. The Morgan fingerprint density at radius 3 is 2.28 bits per heavy atom. The van der Waals surface area contributed by atoms with E-state index in [0.717, 1.165) is 19.5 Å². The first kappa shape index (κ1) is 13.1. The zero-order chi connectivity index (χ0) is 13.1. The molecule has 2 rings (SSSR count). The maximum absolute atomic E-state index is 11.6. The molecular formula is C16H23NO. The van der Waals surface area contributed by atoms with E-state index >= 15 is 0 Å². The average Bonchev–Trinajstić information content (AvgIpc) is 3.20. The number of ketones is 1. The molecule has 0 amide bonds. The van der Waals surface area contributed by atoms with Crippen molar-refractivity contribution >= 4 is 11.5 Å². The summed E-state index contributed by atoms with van der Waals surface area (Å²) in [6.45, 7) is 8.39. The Hall–Kier alpha value is -1.31. The third-order valence-electron chi connectivity index (χ3n) is 4.00. The molecule has 0 aromatic heterocycles. The SMILES string of the molecule is CCC(=O)C1CC1c1ccc(N(CC)CC)cc1. The van der Waals surface area contributed by atoms with E-state index in [1.165, 1.54) is 11.3 Å². The predicted octanol–water partition coefficient (Wildman–Crippen LogP) is 3.62. The summed E-state index contributed by atoms with van der Waals surface area (Å²) in [7, 11) is 0. The number of hydrogen-bond acceptors (Lipinski definition) is 2. The lowest BCUT2D eigenvalue weighted by Gasteiger charge is -2.21. The Morgan fingerprint density at radius 2 is 1.78 bits per heavy atom. The van der Waals surface area contributed by atoms with Crippen LogP contribution < -0.4 is 4.90 Å². The maximum atomic E-state index is 11.6. The highest BCUT2D eigenvalue weighted by Crippen LogP contribution is 2.48. The van der Waals surface area contributed by atoms with Gasteiger partial charge in [0.2, 0.25) is 0 Å². The van der Waals surface area contributed by atoms with Crippen LogP contribution in [0.15, 0.2) is 24.3 Å². The monoisotopic (exact) mass is 245 g/mol. The number of rotatable bonds is 6. The van der Waals surface area contributed by atoms with Crippen LogP contribution in [0.3, 0.4) is 0 Å². The highest BCUT2D eigenvalue weighted by molar-refractivity contribution is 5.84. The molecule has 1 aromatic rings. The van der Waals surface area contributed by atoms with Gasteiger partial charge in [-0.15, -0.1) is 0 Å². The van der Waals surface area contributed by atoms with Crippen LogP contribution in [-0.4, -0.2) is 18.9 Å². The second-order valence-corrected chi connectivity index (χ2v) is 5.03. The molecule has 2 atom stereocenters. The molecule has 0 bridgehead atoms. The van der Waals surface area contributed by atoms with E-state index in [4.69, 9.17) is 0 Å². The van der Waals surface area contributed by atoms with Gasteiger partial charge in [-0.25, -0.2) is 0 Å². The Kier molecular flexibility index (Phi) is 4.05. The van der Waals surface area contributed by atoms with Gasteiger partial charge in [-0.2, -0.15) is 0 Å². The van der Waals surface area contributed by atoms with Crippen LogP contribution >= 0.6 is 0 Å². The molecule has 18 heavy (non-hydrogen) atoms. The van der Waals surface area contributed by atoms with E-state index in [9.17, 15) is 4.79 Å². The molecule has 1 saturated carbocycles. The summed E-state index contributed by atoms with van der Waals surface area (Å²) in [6.07, 6.45) is 1.73. The molecule has 0 N–H and O–H groups in total. The minimum atomic E-state index is 0.300. The van der Waals surface area contributed by atoms with Crippen molar-refractivity contribution in [3.05, 3.63) is 29.8 Å². The van der Waals surface area contributed by atoms with Crippen LogP contribution in [0.4, 0.5) is 5.69 Å². The van der Waals surface area contributed by atoms with Crippen molar-refractivity contribution in [1.29, 1.82) is 0 Å². The quantitative estimate of drug-likeness (QED) is 0.763. The Balaban J connectivity index is 2.03. The fraction of sp³-hybridized carbons (Fsp3) is 0.562. The lowest BCUT2D eigenvalue weighted by atomic mass is 10.1. The summed E-state index contributed by atoms with van der Waals surface area (Å²) in [5.74, 6) is 1.21. The number of benzene rings is 1. The number of hydrogen-bond donors (Lipinski definition) is 0. The maximum Gasteiger partial charge on any atom is 0.136 e. The van der Waals surface area contributed by atoms with Gasteiger partial charge >= 0.3 is 0 Å². The molecule has 0 aliphatic heterocycles. The van der Waals surface area contributed by atoms with E-state index in [0.29, 0.717) is 24.0 Å². The zero-order valence-electron chi connectivity index (χ0n) is 11.6. The zero-order valence-corrected chi connectivity index (χ0v) is 11.6. The number of anilines is 1. The third kappa shape index (κ3) is 2.58. The molecule has 0 radical (unpaired) electrons. The van der Waals surface area contributed by atoms with Crippen molar-refractivity contribution in [1.82, 2.24) is 0 Å². The van der Waals surface area contributed by atoms with Crippen molar-refractivity contribution in [3.8, 4) is 0 Å². The molecule has 98 valence electrons. The molecule has 0 spiro atoms. The second kappa shape index (κ2) is 5.55. The van der Waals surface area contributed by atoms with Crippen molar-refractivity contribution in [2.75, 3.05) is 18.0 Å². The molecule has 2 unspecified atom stereocenters. The summed E-state index contributed by atoms with van der Waals surface area (Å²) in [5.41, 5.74) is 2.61. The highest BCUT2D eigenvalue weighted by atomic mass is 16.1. The summed E-state index contributed by atoms with van der Waals surface area (Å²) in [4.78, 5) is 14.0. The van der Waals surface area contributed by atoms with Gasteiger partial charge in [-0.05, 0) is 43.9 Å². The molecule has 0 saturated heterocycles. The van der Waals surface area contributed by atoms with Crippen molar-refractivity contribution < 1.29 is 4.79 Å². The van der Waals surface area contributed by atoms with E-state index < -0.39 is 0 Å². The molecule has 0 heterocycles. The van der Waals surface area contributed by atoms with Crippen molar-refractivity contribution in [2.45, 2.75) is 39.5 Å². The van der Waals surface area contributed by atoms with Gasteiger partial charge in [-0.3, -0.25) is 4.79 Å². The molecular weight excluding hydrogens is 222 g/mol. The smallest absolute Gasteiger partial charge is 0.136 e. The summed E-state index contributed by atoms with van der Waals surface area (Å²) >= 11 is 0. The fourth-order valence-electron chi connectivity index (χ4n) is 2.70. The topological polar surface area (TPSA) is 20.3 Å². The minimum absolute atomic E-state index is 0.300. The van der Waals surface area contributed by atoms with Crippen molar-refractivity contribution in [3.63, 3.8) is 0 Å². The predicted molar refractivity (Wildman–Crippen MR) is 76.1 cm³/mol. The number of carbonyl (C=O) groups excluding carboxylic acids is 1. The number of Topliss-reactive ketones (excluding diaryl/α,β-unsaturated/α-hetero) is 1.